The predicted molar refractivity (Wildman–Crippen MR) is 111 cm³/mol. The van der Waals surface area contributed by atoms with Crippen molar-refractivity contribution in [3.63, 3.8) is 0 Å². The summed E-state index contributed by atoms with van der Waals surface area (Å²) >= 11 is 6.99. The number of nitrogens with zero attached hydrogens (tertiary/aromatic N) is 1. The molecule has 1 aliphatic heterocycles. The number of amides is 4. The molecule has 4 amide bonds. The molecule has 0 aromatic heterocycles. The average Bonchev–Trinajstić information content (AvgIpc) is 2.95. The van der Waals surface area contributed by atoms with Crippen LogP contribution in [0.15, 0.2) is 30.3 Å². The number of hydrogen-bond donors (Lipinski definition) is 2. The van der Waals surface area contributed by atoms with Crippen LogP contribution in [0.3, 0.4) is 0 Å². The summed E-state index contributed by atoms with van der Waals surface area (Å²) in [6.07, 6.45) is 1.00. The zero-order valence-corrected chi connectivity index (χ0v) is 18.8. The molecule has 1 heterocycles. The van der Waals surface area contributed by atoms with Gasteiger partial charge in [-0.15, -0.1) is 0 Å². The van der Waals surface area contributed by atoms with E-state index in [1.807, 2.05) is 0 Å². The summed E-state index contributed by atoms with van der Waals surface area (Å²) < 4.78 is 4.83. The smallest absolute Gasteiger partial charge is 0.326 e. The molecule has 0 bridgehead atoms. The number of ether oxygens (including phenoxy) is 1. The van der Waals surface area contributed by atoms with Gasteiger partial charge in [0.05, 0.1) is 11.8 Å². The molecule has 1 aromatic rings. The minimum absolute atomic E-state index is 0.0668. The van der Waals surface area contributed by atoms with Gasteiger partial charge in [0.15, 0.2) is 6.61 Å². The summed E-state index contributed by atoms with van der Waals surface area (Å²) in [5, 5.41) is 0. The number of halogens is 2. The Morgan fingerprint density at radius 2 is 1.53 bits per heavy atom. The second-order valence-corrected chi connectivity index (χ2v) is 9.36. The quantitative estimate of drug-likeness (QED) is 0.246. The molecule has 9 nitrogen and oxygen atoms in total. The van der Waals surface area contributed by atoms with Crippen LogP contribution in [0, 0.1) is 11.8 Å². The SMILES string of the molecule is O=C(COC(=O)CN1C(=O)[C@H]2C[C@H](Br)[C@@H](Br)C[C@H]2C1=O)NNC(=O)c1ccccc1. The summed E-state index contributed by atoms with van der Waals surface area (Å²) in [6.45, 7) is -1.21. The van der Waals surface area contributed by atoms with Gasteiger partial charge >= 0.3 is 5.97 Å². The van der Waals surface area contributed by atoms with Crippen molar-refractivity contribution >= 4 is 61.5 Å². The molecule has 3 rings (SSSR count). The van der Waals surface area contributed by atoms with Gasteiger partial charge in [-0.2, -0.15) is 0 Å². The number of rotatable bonds is 5. The number of alkyl halides is 2. The Morgan fingerprint density at radius 3 is 2.10 bits per heavy atom. The molecule has 1 aromatic carbocycles. The Morgan fingerprint density at radius 1 is 0.967 bits per heavy atom. The van der Waals surface area contributed by atoms with Crippen molar-refractivity contribution in [1.82, 2.24) is 15.8 Å². The van der Waals surface area contributed by atoms with Crippen LogP contribution in [0.5, 0.6) is 0 Å². The van der Waals surface area contributed by atoms with Crippen LogP contribution in [0.4, 0.5) is 0 Å². The number of esters is 1. The van der Waals surface area contributed by atoms with Crippen molar-refractivity contribution in [1.29, 1.82) is 0 Å². The number of benzene rings is 1. The fourth-order valence-electron chi connectivity index (χ4n) is 3.46. The largest absolute Gasteiger partial charge is 0.454 e. The Kier molecular flexibility index (Phi) is 7.24. The molecule has 0 radical (unpaired) electrons. The molecule has 2 fully saturated rings. The van der Waals surface area contributed by atoms with Crippen molar-refractivity contribution in [2.24, 2.45) is 11.8 Å². The van der Waals surface area contributed by atoms with E-state index in [2.05, 4.69) is 42.7 Å². The van der Waals surface area contributed by atoms with Gasteiger partial charge in [-0.25, -0.2) is 0 Å². The van der Waals surface area contributed by atoms with Crippen molar-refractivity contribution in [3.8, 4) is 0 Å². The maximum atomic E-state index is 12.5. The van der Waals surface area contributed by atoms with Gasteiger partial charge in [-0.3, -0.25) is 39.7 Å². The van der Waals surface area contributed by atoms with E-state index in [9.17, 15) is 24.0 Å². The monoisotopic (exact) mass is 543 g/mol. The Hall–Kier alpha value is -2.27. The first-order valence-electron chi connectivity index (χ1n) is 9.21. The standard InChI is InChI=1S/C19H19Br2N3O6/c20-13-6-11-12(7-14(13)21)19(29)24(18(11)28)8-16(26)30-9-15(25)22-23-17(27)10-4-2-1-3-5-10/h1-5,11-14H,6-9H2,(H,22,25)(H,23,27)/t11-,12+,13-,14-/m0/s1. The van der Waals surface area contributed by atoms with Crippen LogP contribution >= 0.6 is 31.9 Å². The summed E-state index contributed by atoms with van der Waals surface area (Å²) in [5.41, 5.74) is 4.66. The fraction of sp³-hybridized carbons (Fsp3) is 0.421. The van der Waals surface area contributed by atoms with E-state index >= 15 is 0 Å². The van der Waals surface area contributed by atoms with Crippen LogP contribution in [-0.4, -0.2) is 57.3 Å². The van der Waals surface area contributed by atoms with Gasteiger partial charge in [0, 0.05) is 15.2 Å². The molecule has 0 unspecified atom stereocenters. The second kappa shape index (κ2) is 9.69. The molecule has 2 N–H and O–H groups in total. The number of hydrogen-bond acceptors (Lipinski definition) is 6. The minimum atomic E-state index is -0.884. The first-order chi connectivity index (χ1) is 14.3. The van der Waals surface area contributed by atoms with Gasteiger partial charge in [0.1, 0.15) is 6.54 Å². The first kappa shape index (κ1) is 22.4. The lowest BCUT2D eigenvalue weighted by atomic mass is 9.81. The van der Waals surface area contributed by atoms with Gasteiger partial charge in [0.2, 0.25) is 11.8 Å². The highest BCUT2D eigenvalue weighted by Crippen LogP contribution is 2.43. The minimum Gasteiger partial charge on any atom is -0.454 e. The zero-order chi connectivity index (χ0) is 21.8. The van der Waals surface area contributed by atoms with Gasteiger partial charge in [-0.05, 0) is 25.0 Å². The third kappa shape index (κ3) is 5.07. The molecule has 4 atom stereocenters. The molecular weight excluding hydrogens is 526 g/mol. The highest BCUT2D eigenvalue weighted by Gasteiger charge is 2.52. The van der Waals surface area contributed by atoms with E-state index in [1.165, 1.54) is 0 Å². The molecule has 1 aliphatic carbocycles. The number of nitrogens with one attached hydrogen (secondary N) is 2. The normalized spacial score (nSPS) is 25.5. The van der Waals surface area contributed by atoms with Crippen LogP contribution in [0.1, 0.15) is 23.2 Å². The Labute approximate surface area is 189 Å². The van der Waals surface area contributed by atoms with Gasteiger partial charge < -0.3 is 4.74 Å². The van der Waals surface area contributed by atoms with E-state index in [4.69, 9.17) is 4.74 Å². The molecule has 160 valence electrons. The third-order valence-corrected chi connectivity index (χ3v) is 7.74. The molecule has 1 saturated carbocycles. The lowest BCUT2D eigenvalue weighted by molar-refractivity contribution is -0.155. The third-order valence-electron chi connectivity index (χ3n) is 5.01. The number of likely N-dealkylation sites (tertiary alicyclic amines) is 1. The van der Waals surface area contributed by atoms with E-state index in [0.29, 0.717) is 18.4 Å². The van der Waals surface area contributed by atoms with Crippen LogP contribution in [0.25, 0.3) is 0 Å². The van der Waals surface area contributed by atoms with E-state index in [0.717, 1.165) is 4.90 Å². The maximum absolute atomic E-state index is 12.5. The molecular formula is C19H19Br2N3O6. The fourth-order valence-corrected chi connectivity index (χ4v) is 4.70. The molecule has 0 spiro atoms. The molecule has 30 heavy (non-hydrogen) atoms. The number of imide groups is 1. The van der Waals surface area contributed by atoms with Crippen molar-refractivity contribution in [2.45, 2.75) is 22.5 Å². The van der Waals surface area contributed by atoms with Crippen LogP contribution < -0.4 is 10.9 Å². The van der Waals surface area contributed by atoms with E-state index in [-0.39, 0.29) is 9.65 Å². The zero-order valence-electron chi connectivity index (χ0n) is 15.7. The highest BCUT2D eigenvalue weighted by molar-refractivity contribution is 9.12. The Bertz CT molecular complexity index is 837. The summed E-state index contributed by atoms with van der Waals surface area (Å²) in [4.78, 5) is 61.7. The topological polar surface area (TPSA) is 122 Å². The number of fused-ring (bicyclic) bond motifs is 1. The van der Waals surface area contributed by atoms with E-state index in [1.54, 1.807) is 30.3 Å². The lowest BCUT2D eigenvalue weighted by Gasteiger charge is -2.29. The summed E-state index contributed by atoms with van der Waals surface area (Å²) in [6, 6.07) is 8.23. The summed E-state index contributed by atoms with van der Waals surface area (Å²) in [7, 11) is 0. The number of hydrazine groups is 1. The van der Waals surface area contributed by atoms with Gasteiger partial charge in [-0.1, -0.05) is 50.1 Å². The first-order valence-corrected chi connectivity index (χ1v) is 11.0. The number of carbonyl (C=O) groups is 5. The maximum Gasteiger partial charge on any atom is 0.326 e. The van der Waals surface area contributed by atoms with Crippen molar-refractivity contribution in [3.05, 3.63) is 35.9 Å². The average molecular weight is 545 g/mol. The van der Waals surface area contributed by atoms with E-state index < -0.39 is 54.6 Å². The molecule has 11 heteroatoms. The molecule has 1 saturated heterocycles. The Balaban J connectivity index is 1.44. The lowest BCUT2D eigenvalue weighted by Crippen LogP contribution is -2.44. The van der Waals surface area contributed by atoms with Gasteiger partial charge in [0.25, 0.3) is 11.8 Å². The van der Waals surface area contributed by atoms with Crippen molar-refractivity contribution < 1.29 is 28.7 Å². The summed E-state index contributed by atoms with van der Waals surface area (Å²) in [5.74, 6) is -3.88. The number of carbonyl (C=O) groups excluding carboxylic acids is 5. The molecule has 2 aliphatic rings. The highest BCUT2D eigenvalue weighted by atomic mass is 79.9. The second-order valence-electron chi connectivity index (χ2n) is 7.01. The van der Waals surface area contributed by atoms with Crippen LogP contribution in [-0.2, 0) is 23.9 Å². The van der Waals surface area contributed by atoms with Crippen LogP contribution in [0.2, 0.25) is 0 Å². The predicted octanol–water partition coefficient (Wildman–Crippen LogP) is 0.913. The van der Waals surface area contributed by atoms with Crippen molar-refractivity contribution in [2.75, 3.05) is 13.2 Å².